The molecule has 3 nitrogen and oxygen atoms in total. The minimum atomic E-state index is 0.167. The predicted octanol–water partition coefficient (Wildman–Crippen LogP) is 1.76. The van der Waals surface area contributed by atoms with Crippen molar-refractivity contribution in [3.63, 3.8) is 0 Å². The standard InChI is InChI=1S/C13H26N2O/c1-3-12-10-16-11(2)9-15(12)8-7-13(14)5-4-6-13/h11-12H,3-10,14H2,1-2H3. The van der Waals surface area contributed by atoms with Gasteiger partial charge in [0.1, 0.15) is 0 Å². The fourth-order valence-electron chi connectivity index (χ4n) is 2.81. The van der Waals surface area contributed by atoms with Crippen LogP contribution in [-0.2, 0) is 4.74 Å². The first-order chi connectivity index (χ1) is 7.63. The molecule has 2 atom stereocenters. The molecule has 16 heavy (non-hydrogen) atoms. The van der Waals surface area contributed by atoms with Gasteiger partial charge >= 0.3 is 0 Å². The summed E-state index contributed by atoms with van der Waals surface area (Å²) >= 11 is 0. The van der Waals surface area contributed by atoms with Crippen LogP contribution in [0.15, 0.2) is 0 Å². The van der Waals surface area contributed by atoms with Crippen molar-refractivity contribution in [1.29, 1.82) is 0 Å². The minimum absolute atomic E-state index is 0.167. The molecule has 0 radical (unpaired) electrons. The zero-order valence-electron chi connectivity index (χ0n) is 10.7. The first kappa shape index (κ1) is 12.3. The van der Waals surface area contributed by atoms with Gasteiger partial charge in [-0.05, 0) is 39.0 Å². The van der Waals surface area contributed by atoms with E-state index in [1.807, 2.05) is 0 Å². The average molecular weight is 226 g/mol. The molecule has 0 aromatic heterocycles. The highest BCUT2D eigenvalue weighted by molar-refractivity contribution is 4.93. The molecule has 0 aromatic carbocycles. The quantitative estimate of drug-likeness (QED) is 0.794. The van der Waals surface area contributed by atoms with Crippen molar-refractivity contribution < 1.29 is 4.74 Å². The third kappa shape index (κ3) is 2.76. The second kappa shape index (κ2) is 5.03. The molecule has 2 fully saturated rings. The maximum Gasteiger partial charge on any atom is 0.0674 e. The maximum atomic E-state index is 6.28. The van der Waals surface area contributed by atoms with Gasteiger partial charge in [0.15, 0.2) is 0 Å². The van der Waals surface area contributed by atoms with E-state index in [4.69, 9.17) is 10.5 Å². The van der Waals surface area contributed by atoms with E-state index in [1.165, 1.54) is 25.7 Å². The van der Waals surface area contributed by atoms with E-state index in [-0.39, 0.29) is 5.54 Å². The van der Waals surface area contributed by atoms with Crippen LogP contribution in [0.3, 0.4) is 0 Å². The van der Waals surface area contributed by atoms with Crippen LogP contribution in [-0.4, -0.2) is 42.3 Å². The summed E-state index contributed by atoms with van der Waals surface area (Å²) in [7, 11) is 0. The summed E-state index contributed by atoms with van der Waals surface area (Å²) < 4.78 is 5.71. The Morgan fingerprint density at radius 1 is 1.44 bits per heavy atom. The molecule has 1 saturated heterocycles. The van der Waals surface area contributed by atoms with Gasteiger partial charge in [-0.25, -0.2) is 0 Å². The van der Waals surface area contributed by atoms with Crippen LogP contribution >= 0.6 is 0 Å². The molecule has 0 spiro atoms. The lowest BCUT2D eigenvalue weighted by molar-refractivity contribution is -0.0588. The molecular weight excluding hydrogens is 200 g/mol. The number of rotatable bonds is 4. The molecule has 1 heterocycles. The number of hydrogen-bond donors (Lipinski definition) is 1. The molecule has 2 rings (SSSR count). The van der Waals surface area contributed by atoms with Crippen LogP contribution in [0.2, 0.25) is 0 Å². The monoisotopic (exact) mass is 226 g/mol. The molecule has 0 bridgehead atoms. The van der Waals surface area contributed by atoms with E-state index >= 15 is 0 Å². The molecule has 2 N–H and O–H groups in total. The van der Waals surface area contributed by atoms with Crippen molar-refractivity contribution in [2.75, 3.05) is 19.7 Å². The highest BCUT2D eigenvalue weighted by Crippen LogP contribution is 2.32. The highest BCUT2D eigenvalue weighted by Gasteiger charge is 2.34. The average Bonchev–Trinajstić information content (AvgIpc) is 2.24. The Morgan fingerprint density at radius 2 is 2.19 bits per heavy atom. The van der Waals surface area contributed by atoms with Gasteiger partial charge in [0.05, 0.1) is 12.7 Å². The van der Waals surface area contributed by atoms with Gasteiger partial charge in [-0.2, -0.15) is 0 Å². The van der Waals surface area contributed by atoms with E-state index in [1.54, 1.807) is 0 Å². The number of hydrogen-bond acceptors (Lipinski definition) is 3. The summed E-state index contributed by atoms with van der Waals surface area (Å²) in [4.78, 5) is 2.58. The predicted molar refractivity (Wildman–Crippen MR) is 66.5 cm³/mol. The summed E-state index contributed by atoms with van der Waals surface area (Å²) in [6, 6.07) is 0.611. The number of nitrogens with two attached hydrogens (primary N) is 1. The van der Waals surface area contributed by atoms with E-state index in [0.29, 0.717) is 12.1 Å². The fourth-order valence-corrected chi connectivity index (χ4v) is 2.81. The van der Waals surface area contributed by atoms with Crippen molar-refractivity contribution in [1.82, 2.24) is 4.90 Å². The third-order valence-corrected chi connectivity index (χ3v) is 4.30. The van der Waals surface area contributed by atoms with Gasteiger partial charge < -0.3 is 10.5 Å². The Morgan fingerprint density at radius 3 is 2.75 bits per heavy atom. The Bertz CT molecular complexity index is 228. The van der Waals surface area contributed by atoms with Crippen LogP contribution in [0.25, 0.3) is 0 Å². The van der Waals surface area contributed by atoms with Gasteiger partial charge in [-0.1, -0.05) is 6.92 Å². The topological polar surface area (TPSA) is 38.5 Å². The minimum Gasteiger partial charge on any atom is -0.376 e. The summed E-state index contributed by atoms with van der Waals surface area (Å²) in [5.41, 5.74) is 6.45. The van der Waals surface area contributed by atoms with Gasteiger partial charge in [-0.15, -0.1) is 0 Å². The fraction of sp³-hybridized carbons (Fsp3) is 1.00. The summed E-state index contributed by atoms with van der Waals surface area (Å²) in [6.07, 6.45) is 6.51. The van der Waals surface area contributed by atoms with Crippen LogP contribution in [0, 0.1) is 0 Å². The maximum absolute atomic E-state index is 6.28. The Hall–Kier alpha value is -0.120. The first-order valence-corrected chi connectivity index (χ1v) is 6.77. The molecule has 1 aliphatic carbocycles. The van der Waals surface area contributed by atoms with E-state index in [9.17, 15) is 0 Å². The van der Waals surface area contributed by atoms with Gasteiger partial charge in [-0.3, -0.25) is 4.90 Å². The Balaban J connectivity index is 1.81. The molecule has 1 aliphatic heterocycles. The van der Waals surface area contributed by atoms with Crippen molar-refractivity contribution in [2.45, 2.75) is 63.6 Å². The van der Waals surface area contributed by atoms with Crippen molar-refractivity contribution in [3.8, 4) is 0 Å². The Labute approximate surface area is 99.3 Å². The van der Waals surface area contributed by atoms with Crippen LogP contribution < -0.4 is 5.73 Å². The van der Waals surface area contributed by atoms with Crippen molar-refractivity contribution in [2.24, 2.45) is 5.73 Å². The molecule has 2 aliphatic rings. The number of morpholine rings is 1. The first-order valence-electron chi connectivity index (χ1n) is 6.77. The van der Waals surface area contributed by atoms with Gasteiger partial charge in [0, 0.05) is 24.7 Å². The third-order valence-electron chi connectivity index (χ3n) is 4.30. The lowest BCUT2D eigenvalue weighted by Crippen LogP contribution is -2.53. The molecule has 94 valence electrons. The summed E-state index contributed by atoms with van der Waals surface area (Å²) in [5, 5.41) is 0. The summed E-state index contributed by atoms with van der Waals surface area (Å²) in [5.74, 6) is 0. The van der Waals surface area contributed by atoms with E-state index in [2.05, 4.69) is 18.7 Å². The van der Waals surface area contributed by atoms with E-state index in [0.717, 1.165) is 26.1 Å². The lowest BCUT2D eigenvalue weighted by Gasteiger charge is -2.43. The van der Waals surface area contributed by atoms with Crippen molar-refractivity contribution in [3.05, 3.63) is 0 Å². The van der Waals surface area contributed by atoms with Crippen LogP contribution in [0.4, 0.5) is 0 Å². The molecule has 0 amide bonds. The highest BCUT2D eigenvalue weighted by atomic mass is 16.5. The zero-order chi connectivity index (χ0) is 11.6. The van der Waals surface area contributed by atoms with E-state index < -0.39 is 0 Å². The van der Waals surface area contributed by atoms with Gasteiger partial charge in [0.2, 0.25) is 0 Å². The molecule has 0 aromatic rings. The smallest absolute Gasteiger partial charge is 0.0674 e. The lowest BCUT2D eigenvalue weighted by atomic mass is 9.75. The summed E-state index contributed by atoms with van der Waals surface area (Å²) in [6.45, 7) is 7.55. The number of nitrogens with zero attached hydrogens (tertiary/aromatic N) is 1. The molecule has 3 heteroatoms. The van der Waals surface area contributed by atoms with Crippen molar-refractivity contribution >= 4 is 0 Å². The number of ether oxygens (including phenoxy) is 1. The van der Waals surface area contributed by atoms with Crippen LogP contribution in [0.5, 0.6) is 0 Å². The zero-order valence-corrected chi connectivity index (χ0v) is 10.7. The van der Waals surface area contributed by atoms with Crippen LogP contribution in [0.1, 0.15) is 46.0 Å². The molecule has 1 saturated carbocycles. The second-order valence-electron chi connectivity index (χ2n) is 5.67. The van der Waals surface area contributed by atoms with Gasteiger partial charge in [0.25, 0.3) is 0 Å². The second-order valence-corrected chi connectivity index (χ2v) is 5.67. The SMILES string of the molecule is CCC1COC(C)CN1CCC1(N)CCC1. The molecule has 2 unspecified atom stereocenters. The normalized spacial score (nSPS) is 34.7. The largest absolute Gasteiger partial charge is 0.376 e. The Kier molecular flexibility index (Phi) is 3.88. The molecular formula is C13H26N2O.